The average molecular weight is 342 g/mol. The number of sulfone groups is 1. The highest BCUT2D eigenvalue weighted by molar-refractivity contribution is 7.90. The van der Waals surface area contributed by atoms with E-state index in [2.05, 4.69) is 10.5 Å². The lowest BCUT2D eigenvalue weighted by Gasteiger charge is -2.09. The maximum Gasteiger partial charge on any atom is 0.175 e. The molecule has 0 unspecified atom stereocenters. The molecule has 1 aromatic heterocycles. The molecule has 0 saturated carbocycles. The highest BCUT2D eigenvalue weighted by Crippen LogP contribution is 2.28. The summed E-state index contributed by atoms with van der Waals surface area (Å²) >= 11 is 0. The van der Waals surface area contributed by atoms with Crippen molar-refractivity contribution in [3.05, 3.63) is 60.0 Å². The smallest absolute Gasteiger partial charge is 0.175 e. The summed E-state index contributed by atoms with van der Waals surface area (Å²) in [4.78, 5) is 0.292. The van der Waals surface area contributed by atoms with E-state index in [1.807, 2.05) is 44.2 Å². The maximum atomic E-state index is 11.6. The average Bonchev–Trinajstić information content (AvgIpc) is 2.87. The predicted molar refractivity (Wildman–Crippen MR) is 94.2 cm³/mol. The van der Waals surface area contributed by atoms with Gasteiger partial charge in [-0.1, -0.05) is 23.4 Å². The van der Waals surface area contributed by atoms with E-state index < -0.39 is 9.84 Å². The van der Waals surface area contributed by atoms with Gasteiger partial charge in [-0.3, -0.25) is 0 Å². The van der Waals surface area contributed by atoms with Crippen molar-refractivity contribution in [2.45, 2.75) is 18.7 Å². The molecule has 24 heavy (non-hydrogen) atoms. The first-order chi connectivity index (χ1) is 11.3. The SMILES string of the molecule is Cc1noc(C)c1-c1ccc(Nc2cccc(S(C)(=O)=O)c2)cc1. The van der Waals surface area contributed by atoms with Gasteiger partial charge in [0.05, 0.1) is 10.6 Å². The van der Waals surface area contributed by atoms with Gasteiger partial charge in [-0.25, -0.2) is 8.42 Å². The van der Waals surface area contributed by atoms with Crippen molar-refractivity contribution >= 4 is 21.2 Å². The van der Waals surface area contributed by atoms with Gasteiger partial charge in [-0.15, -0.1) is 0 Å². The Hall–Kier alpha value is -2.60. The summed E-state index contributed by atoms with van der Waals surface area (Å²) in [7, 11) is -3.22. The maximum absolute atomic E-state index is 11.6. The van der Waals surface area contributed by atoms with Crippen LogP contribution in [0.1, 0.15) is 11.5 Å². The van der Waals surface area contributed by atoms with Crippen LogP contribution in [0.5, 0.6) is 0 Å². The summed E-state index contributed by atoms with van der Waals surface area (Å²) in [5.41, 5.74) is 4.48. The summed E-state index contributed by atoms with van der Waals surface area (Å²) in [5.74, 6) is 0.786. The molecule has 3 rings (SSSR count). The zero-order valence-corrected chi connectivity index (χ0v) is 14.5. The fourth-order valence-corrected chi connectivity index (χ4v) is 3.25. The number of rotatable bonds is 4. The molecule has 0 aliphatic carbocycles. The summed E-state index contributed by atoms with van der Waals surface area (Å²) < 4.78 is 28.5. The van der Waals surface area contributed by atoms with Gasteiger partial charge in [-0.05, 0) is 49.7 Å². The van der Waals surface area contributed by atoms with Crippen molar-refractivity contribution in [2.75, 3.05) is 11.6 Å². The van der Waals surface area contributed by atoms with E-state index >= 15 is 0 Å². The zero-order chi connectivity index (χ0) is 17.3. The van der Waals surface area contributed by atoms with E-state index in [9.17, 15) is 8.42 Å². The molecule has 2 aromatic carbocycles. The molecule has 5 nitrogen and oxygen atoms in total. The molecule has 0 radical (unpaired) electrons. The first kappa shape index (κ1) is 16.3. The Morgan fingerprint density at radius 2 is 1.71 bits per heavy atom. The van der Waals surface area contributed by atoms with Crippen LogP contribution in [0.25, 0.3) is 11.1 Å². The highest BCUT2D eigenvalue weighted by Gasteiger charge is 2.11. The quantitative estimate of drug-likeness (QED) is 0.772. The lowest BCUT2D eigenvalue weighted by atomic mass is 10.0. The van der Waals surface area contributed by atoms with E-state index in [-0.39, 0.29) is 0 Å². The Morgan fingerprint density at radius 1 is 1.00 bits per heavy atom. The van der Waals surface area contributed by atoms with Crippen molar-refractivity contribution in [2.24, 2.45) is 0 Å². The van der Waals surface area contributed by atoms with Gasteiger partial charge >= 0.3 is 0 Å². The number of anilines is 2. The topological polar surface area (TPSA) is 72.2 Å². The minimum atomic E-state index is -3.22. The standard InChI is InChI=1S/C18H18N2O3S/c1-12-18(13(2)23-20-12)14-7-9-15(10-8-14)19-16-5-4-6-17(11-16)24(3,21)22/h4-11,19H,1-3H3. The molecule has 1 heterocycles. The van der Waals surface area contributed by atoms with Crippen LogP contribution < -0.4 is 5.32 Å². The molecular formula is C18H18N2O3S. The minimum absolute atomic E-state index is 0.292. The fourth-order valence-electron chi connectivity index (χ4n) is 2.59. The number of aromatic nitrogens is 1. The van der Waals surface area contributed by atoms with E-state index in [0.717, 1.165) is 34.0 Å². The van der Waals surface area contributed by atoms with Crippen LogP contribution in [0.15, 0.2) is 57.9 Å². The van der Waals surface area contributed by atoms with Crippen LogP contribution in [0.4, 0.5) is 11.4 Å². The minimum Gasteiger partial charge on any atom is -0.361 e. The van der Waals surface area contributed by atoms with E-state index in [1.165, 1.54) is 6.26 Å². The van der Waals surface area contributed by atoms with E-state index in [0.29, 0.717) is 4.90 Å². The Labute approximate surface area is 141 Å². The number of hydrogen-bond donors (Lipinski definition) is 1. The summed E-state index contributed by atoms with van der Waals surface area (Å²) in [6, 6.07) is 14.6. The third-order valence-corrected chi connectivity index (χ3v) is 4.87. The van der Waals surface area contributed by atoms with Crippen LogP contribution in [0, 0.1) is 13.8 Å². The van der Waals surface area contributed by atoms with Crippen LogP contribution in [-0.4, -0.2) is 19.8 Å². The summed E-state index contributed by atoms with van der Waals surface area (Å²) in [6.45, 7) is 3.80. The molecular weight excluding hydrogens is 324 g/mol. The van der Waals surface area contributed by atoms with Crippen LogP contribution in [-0.2, 0) is 9.84 Å². The van der Waals surface area contributed by atoms with Crippen molar-refractivity contribution in [1.29, 1.82) is 0 Å². The van der Waals surface area contributed by atoms with Gasteiger partial charge in [-0.2, -0.15) is 0 Å². The number of nitrogens with one attached hydrogen (secondary N) is 1. The Bertz CT molecular complexity index is 954. The number of aryl methyl sites for hydroxylation is 2. The molecule has 124 valence electrons. The van der Waals surface area contributed by atoms with Gasteiger partial charge in [0.15, 0.2) is 9.84 Å². The van der Waals surface area contributed by atoms with Crippen molar-refractivity contribution in [3.8, 4) is 11.1 Å². The largest absolute Gasteiger partial charge is 0.361 e. The fraction of sp³-hybridized carbons (Fsp3) is 0.167. The monoisotopic (exact) mass is 342 g/mol. The van der Waals surface area contributed by atoms with Crippen molar-refractivity contribution < 1.29 is 12.9 Å². The zero-order valence-electron chi connectivity index (χ0n) is 13.7. The Kier molecular flexibility index (Phi) is 4.15. The van der Waals surface area contributed by atoms with Crippen LogP contribution >= 0.6 is 0 Å². The van der Waals surface area contributed by atoms with Crippen LogP contribution in [0.3, 0.4) is 0 Å². The molecule has 0 atom stereocenters. The molecule has 3 aromatic rings. The molecule has 0 spiro atoms. The normalized spacial score (nSPS) is 11.5. The van der Waals surface area contributed by atoms with Gasteiger partial charge in [0, 0.05) is 23.2 Å². The Balaban J connectivity index is 1.85. The third kappa shape index (κ3) is 3.33. The lowest BCUT2D eigenvalue weighted by Crippen LogP contribution is -1.98. The Morgan fingerprint density at radius 3 is 2.29 bits per heavy atom. The molecule has 0 aliphatic heterocycles. The molecule has 6 heteroatoms. The van der Waals surface area contributed by atoms with Gasteiger partial charge < -0.3 is 9.84 Å². The van der Waals surface area contributed by atoms with Gasteiger partial charge in [0.2, 0.25) is 0 Å². The van der Waals surface area contributed by atoms with Crippen LogP contribution in [0.2, 0.25) is 0 Å². The molecule has 0 fully saturated rings. The predicted octanol–water partition coefficient (Wildman–Crippen LogP) is 4.11. The number of nitrogens with zero attached hydrogens (tertiary/aromatic N) is 1. The molecule has 0 saturated heterocycles. The second-order valence-corrected chi connectivity index (χ2v) is 7.72. The van der Waals surface area contributed by atoms with Crippen molar-refractivity contribution in [1.82, 2.24) is 5.16 Å². The molecule has 1 N–H and O–H groups in total. The highest BCUT2D eigenvalue weighted by atomic mass is 32.2. The van der Waals surface area contributed by atoms with E-state index in [4.69, 9.17) is 4.52 Å². The summed E-state index contributed by atoms with van der Waals surface area (Å²) in [5, 5.41) is 7.18. The van der Waals surface area contributed by atoms with E-state index in [1.54, 1.807) is 18.2 Å². The second kappa shape index (κ2) is 6.13. The number of benzene rings is 2. The number of hydrogen-bond acceptors (Lipinski definition) is 5. The van der Waals surface area contributed by atoms with Gasteiger partial charge in [0.25, 0.3) is 0 Å². The first-order valence-corrected chi connectivity index (χ1v) is 9.34. The van der Waals surface area contributed by atoms with Crippen molar-refractivity contribution in [3.63, 3.8) is 0 Å². The summed E-state index contributed by atoms with van der Waals surface area (Å²) in [6.07, 6.45) is 1.20. The molecule has 0 bridgehead atoms. The molecule has 0 amide bonds. The first-order valence-electron chi connectivity index (χ1n) is 7.45. The molecule has 0 aliphatic rings. The van der Waals surface area contributed by atoms with Gasteiger partial charge in [0.1, 0.15) is 5.76 Å². The lowest BCUT2D eigenvalue weighted by molar-refractivity contribution is 0.393. The second-order valence-electron chi connectivity index (χ2n) is 5.70. The third-order valence-electron chi connectivity index (χ3n) is 3.76.